The Kier molecular flexibility index (Phi) is 4.56. The second-order valence-corrected chi connectivity index (χ2v) is 6.51. The van der Waals surface area contributed by atoms with Crippen molar-refractivity contribution in [3.05, 3.63) is 18.3 Å². The summed E-state index contributed by atoms with van der Waals surface area (Å²) >= 11 is 0. The third-order valence-electron chi connectivity index (χ3n) is 2.95. The molecule has 20 heavy (non-hydrogen) atoms. The Hall–Kier alpha value is -1.67. The number of sulfonamides is 1. The van der Waals surface area contributed by atoms with Crippen molar-refractivity contribution in [1.29, 1.82) is 0 Å². The number of hydrogen-bond donors (Lipinski definition) is 3. The van der Waals surface area contributed by atoms with Crippen molar-refractivity contribution >= 4 is 21.8 Å². The maximum atomic E-state index is 11.9. The van der Waals surface area contributed by atoms with E-state index in [2.05, 4.69) is 15.0 Å². The molecule has 1 heterocycles. The summed E-state index contributed by atoms with van der Waals surface area (Å²) in [6, 6.07) is 2.97. The molecule has 1 aliphatic rings. The number of hydrogen-bond acceptors (Lipinski definition) is 5. The first-order valence-electron chi connectivity index (χ1n) is 6.39. The number of pyridine rings is 1. The topological polar surface area (TPSA) is 108 Å². The molecule has 7 nitrogen and oxygen atoms in total. The highest BCUT2D eigenvalue weighted by molar-refractivity contribution is 7.89. The van der Waals surface area contributed by atoms with Crippen molar-refractivity contribution in [1.82, 2.24) is 9.71 Å². The first-order valence-corrected chi connectivity index (χ1v) is 7.87. The molecule has 0 radical (unpaired) electrons. The molecule has 0 saturated heterocycles. The molecule has 8 heteroatoms. The van der Waals surface area contributed by atoms with E-state index in [4.69, 9.17) is 5.11 Å². The van der Waals surface area contributed by atoms with Crippen LogP contribution in [0.4, 0.5) is 5.82 Å². The number of aromatic nitrogens is 1. The van der Waals surface area contributed by atoms with Crippen LogP contribution in [0.3, 0.4) is 0 Å². The molecule has 0 aromatic carbocycles. The lowest BCUT2D eigenvalue weighted by Crippen LogP contribution is -2.26. The maximum absolute atomic E-state index is 11.9. The van der Waals surface area contributed by atoms with Crippen LogP contribution in [0.2, 0.25) is 0 Å². The molecule has 1 aromatic heterocycles. The molecule has 0 aliphatic heterocycles. The van der Waals surface area contributed by atoms with E-state index >= 15 is 0 Å². The highest BCUT2D eigenvalue weighted by Crippen LogP contribution is 2.28. The van der Waals surface area contributed by atoms with Crippen molar-refractivity contribution in [2.45, 2.75) is 24.2 Å². The van der Waals surface area contributed by atoms with Crippen LogP contribution in [0.25, 0.3) is 0 Å². The van der Waals surface area contributed by atoms with Gasteiger partial charge in [-0.2, -0.15) is 0 Å². The number of carboxylic acid groups (broad SMARTS) is 1. The number of carbonyl (C=O) groups is 1. The van der Waals surface area contributed by atoms with Gasteiger partial charge in [0.25, 0.3) is 0 Å². The number of nitrogens with zero attached hydrogens (tertiary/aromatic N) is 1. The molecule has 0 spiro atoms. The summed E-state index contributed by atoms with van der Waals surface area (Å²) in [6.07, 6.45) is 3.39. The zero-order valence-electron chi connectivity index (χ0n) is 10.9. The molecule has 3 N–H and O–H groups in total. The number of aliphatic carboxylic acids is 1. The summed E-state index contributed by atoms with van der Waals surface area (Å²) in [7, 11) is -3.50. The van der Waals surface area contributed by atoms with Gasteiger partial charge in [-0.1, -0.05) is 0 Å². The van der Waals surface area contributed by atoms with Gasteiger partial charge in [0.2, 0.25) is 10.0 Å². The fourth-order valence-electron chi connectivity index (χ4n) is 1.57. The molecule has 0 unspecified atom stereocenters. The van der Waals surface area contributed by atoms with Gasteiger partial charge in [0, 0.05) is 19.3 Å². The first kappa shape index (κ1) is 14.7. The number of rotatable bonds is 8. The largest absolute Gasteiger partial charge is 0.481 e. The molecular formula is C12H17N3O4S. The van der Waals surface area contributed by atoms with Crippen LogP contribution in [0.1, 0.15) is 19.3 Å². The Labute approximate surface area is 117 Å². The molecule has 1 fully saturated rings. The predicted molar refractivity (Wildman–Crippen MR) is 72.9 cm³/mol. The Morgan fingerprint density at radius 3 is 2.70 bits per heavy atom. The average Bonchev–Trinajstić information content (AvgIpc) is 3.21. The molecule has 1 aliphatic carbocycles. The number of carboxylic acids is 1. The minimum atomic E-state index is -3.50. The first-order chi connectivity index (χ1) is 9.47. The third-order valence-corrected chi connectivity index (χ3v) is 4.36. The van der Waals surface area contributed by atoms with E-state index in [1.165, 1.54) is 18.3 Å². The summed E-state index contributed by atoms with van der Waals surface area (Å²) in [5.41, 5.74) is 0. The monoisotopic (exact) mass is 299 g/mol. The summed E-state index contributed by atoms with van der Waals surface area (Å²) < 4.78 is 26.4. The highest BCUT2D eigenvalue weighted by atomic mass is 32.2. The summed E-state index contributed by atoms with van der Waals surface area (Å²) in [5, 5.41) is 11.3. The van der Waals surface area contributed by atoms with E-state index in [9.17, 15) is 13.2 Å². The van der Waals surface area contributed by atoms with Gasteiger partial charge >= 0.3 is 5.97 Å². The number of nitrogens with one attached hydrogen (secondary N) is 2. The predicted octanol–water partition coefficient (Wildman–Crippen LogP) is 0.656. The van der Waals surface area contributed by atoms with Crippen molar-refractivity contribution in [3.63, 3.8) is 0 Å². The van der Waals surface area contributed by atoms with Crippen molar-refractivity contribution in [2.24, 2.45) is 5.92 Å². The van der Waals surface area contributed by atoms with Gasteiger partial charge < -0.3 is 10.4 Å². The summed E-state index contributed by atoms with van der Waals surface area (Å²) in [4.78, 5) is 14.4. The van der Waals surface area contributed by atoms with Crippen molar-refractivity contribution in [3.8, 4) is 0 Å². The molecule has 1 aromatic rings. The lowest BCUT2D eigenvalue weighted by molar-refractivity contribution is -0.136. The van der Waals surface area contributed by atoms with Crippen LogP contribution >= 0.6 is 0 Å². The van der Waals surface area contributed by atoms with Gasteiger partial charge in [0.05, 0.1) is 6.42 Å². The highest BCUT2D eigenvalue weighted by Gasteiger charge is 2.24. The smallest absolute Gasteiger partial charge is 0.305 e. The molecular weight excluding hydrogens is 282 g/mol. The summed E-state index contributed by atoms with van der Waals surface area (Å²) in [6.45, 7) is 0.718. The van der Waals surface area contributed by atoms with Gasteiger partial charge in [-0.15, -0.1) is 0 Å². The van der Waals surface area contributed by atoms with Crippen LogP contribution in [-0.4, -0.2) is 37.6 Å². The zero-order valence-corrected chi connectivity index (χ0v) is 11.7. The average molecular weight is 299 g/mol. The fourth-order valence-corrected chi connectivity index (χ4v) is 2.63. The lowest BCUT2D eigenvalue weighted by Gasteiger charge is -2.07. The van der Waals surface area contributed by atoms with Crippen LogP contribution < -0.4 is 10.0 Å². The minimum absolute atomic E-state index is 0.0231. The van der Waals surface area contributed by atoms with Crippen LogP contribution in [-0.2, 0) is 14.8 Å². The van der Waals surface area contributed by atoms with Crippen LogP contribution in [0.15, 0.2) is 23.2 Å². The fraction of sp³-hybridized carbons (Fsp3) is 0.500. The molecule has 0 atom stereocenters. The van der Waals surface area contributed by atoms with Gasteiger partial charge in [0.1, 0.15) is 10.7 Å². The van der Waals surface area contributed by atoms with Crippen LogP contribution in [0, 0.1) is 5.92 Å². The zero-order chi connectivity index (χ0) is 14.6. The molecule has 0 bridgehead atoms. The molecule has 0 amide bonds. The third kappa shape index (κ3) is 4.46. The Bertz CT molecular complexity index is 567. The van der Waals surface area contributed by atoms with E-state index in [1.54, 1.807) is 0 Å². The standard InChI is InChI=1S/C12H17N3O4S/c16-12(17)5-6-13-11-4-3-10(8-14-11)20(18,19)15-7-9-1-2-9/h3-4,8-9,15H,1-2,5-7H2,(H,13,14)(H,16,17). The van der Waals surface area contributed by atoms with E-state index in [0.717, 1.165) is 12.8 Å². The lowest BCUT2D eigenvalue weighted by atomic mass is 10.4. The minimum Gasteiger partial charge on any atom is -0.481 e. The van der Waals surface area contributed by atoms with Crippen LogP contribution in [0.5, 0.6) is 0 Å². The Morgan fingerprint density at radius 1 is 1.40 bits per heavy atom. The quantitative estimate of drug-likeness (QED) is 0.650. The van der Waals surface area contributed by atoms with Gasteiger partial charge in [-0.25, -0.2) is 18.1 Å². The van der Waals surface area contributed by atoms with E-state index < -0.39 is 16.0 Å². The second-order valence-electron chi connectivity index (χ2n) is 4.74. The maximum Gasteiger partial charge on any atom is 0.305 e. The molecule has 110 valence electrons. The van der Waals surface area contributed by atoms with Gasteiger partial charge in [-0.05, 0) is 30.9 Å². The van der Waals surface area contributed by atoms with Crippen molar-refractivity contribution in [2.75, 3.05) is 18.4 Å². The van der Waals surface area contributed by atoms with Gasteiger partial charge in [-0.3, -0.25) is 4.79 Å². The molecule has 2 rings (SSSR count). The van der Waals surface area contributed by atoms with E-state index in [0.29, 0.717) is 18.3 Å². The molecule has 1 saturated carbocycles. The normalized spacial score (nSPS) is 15.0. The second kappa shape index (κ2) is 6.19. The number of anilines is 1. The van der Waals surface area contributed by atoms with Crippen molar-refractivity contribution < 1.29 is 18.3 Å². The van der Waals surface area contributed by atoms with E-state index in [1.807, 2.05) is 0 Å². The Morgan fingerprint density at radius 2 is 2.15 bits per heavy atom. The van der Waals surface area contributed by atoms with E-state index in [-0.39, 0.29) is 17.9 Å². The Balaban J connectivity index is 1.90. The van der Waals surface area contributed by atoms with Gasteiger partial charge in [0.15, 0.2) is 0 Å². The summed E-state index contributed by atoms with van der Waals surface area (Å²) in [5.74, 6) is 0.0167. The SMILES string of the molecule is O=C(O)CCNc1ccc(S(=O)(=O)NCC2CC2)cn1.